The molecule has 21 heavy (non-hydrogen) atoms. The normalized spacial score (nSPS) is 13.0. The fraction of sp³-hybridized carbons (Fsp3) is 0.467. The number of amides is 2. The Labute approximate surface area is 132 Å². The van der Waals surface area contributed by atoms with Crippen molar-refractivity contribution >= 4 is 24.2 Å². The fourth-order valence-corrected chi connectivity index (χ4v) is 1.78. The van der Waals surface area contributed by atoms with Crippen LogP contribution in [0.15, 0.2) is 30.3 Å². The zero-order valence-electron chi connectivity index (χ0n) is 12.7. The van der Waals surface area contributed by atoms with Crippen molar-refractivity contribution in [2.75, 3.05) is 6.54 Å². The summed E-state index contributed by atoms with van der Waals surface area (Å²) in [5, 5.41) is 5.47. The van der Waals surface area contributed by atoms with Crippen LogP contribution in [0.25, 0.3) is 0 Å². The van der Waals surface area contributed by atoms with Crippen molar-refractivity contribution in [1.82, 2.24) is 10.6 Å². The van der Waals surface area contributed by atoms with Gasteiger partial charge in [0.1, 0.15) is 5.54 Å². The quantitative estimate of drug-likeness (QED) is 0.740. The van der Waals surface area contributed by atoms with E-state index in [0.29, 0.717) is 0 Å². The molecule has 2 amide bonds. The molecule has 118 valence electrons. The van der Waals surface area contributed by atoms with Crippen LogP contribution in [-0.2, 0) is 15.1 Å². The van der Waals surface area contributed by atoms with Gasteiger partial charge in [0.25, 0.3) is 0 Å². The molecule has 1 atom stereocenters. The van der Waals surface area contributed by atoms with Crippen LogP contribution in [0.4, 0.5) is 0 Å². The number of nitrogens with one attached hydrogen (secondary N) is 2. The third-order valence-electron chi connectivity index (χ3n) is 2.93. The zero-order valence-corrected chi connectivity index (χ0v) is 13.5. The first-order chi connectivity index (χ1) is 9.34. The predicted octanol–water partition coefficient (Wildman–Crippen LogP) is 1.31. The number of carbonyl (C=O) groups is 2. The van der Waals surface area contributed by atoms with Gasteiger partial charge in [0, 0.05) is 19.0 Å². The monoisotopic (exact) mass is 313 g/mol. The highest BCUT2D eigenvalue weighted by Gasteiger charge is 2.29. The number of carbonyl (C=O) groups excluding carboxylic acids is 2. The van der Waals surface area contributed by atoms with Crippen LogP contribution >= 0.6 is 12.4 Å². The molecular weight excluding hydrogens is 290 g/mol. The van der Waals surface area contributed by atoms with Crippen LogP contribution in [0.1, 0.15) is 32.8 Å². The smallest absolute Gasteiger partial charge is 0.244 e. The number of benzene rings is 1. The molecule has 0 heterocycles. The first kappa shape index (κ1) is 19.4. The maximum absolute atomic E-state index is 12.1. The summed E-state index contributed by atoms with van der Waals surface area (Å²) in [6.07, 6.45) is 0.245. The molecule has 1 unspecified atom stereocenters. The summed E-state index contributed by atoms with van der Waals surface area (Å²) in [5.41, 5.74) is 5.71. The molecular formula is C15H24ClN3O2. The van der Waals surface area contributed by atoms with Gasteiger partial charge in [-0.25, -0.2) is 0 Å². The zero-order chi connectivity index (χ0) is 15.2. The lowest BCUT2D eigenvalue weighted by Crippen LogP contribution is -2.49. The van der Waals surface area contributed by atoms with Crippen molar-refractivity contribution in [3.05, 3.63) is 35.9 Å². The van der Waals surface area contributed by atoms with Gasteiger partial charge in [-0.1, -0.05) is 30.3 Å². The minimum absolute atomic E-state index is 0. The van der Waals surface area contributed by atoms with E-state index in [1.807, 2.05) is 44.2 Å². The largest absolute Gasteiger partial charge is 0.354 e. The molecule has 6 heteroatoms. The standard InChI is InChI=1S/C15H23N3O2.ClH/c1-11(2)18-13(19)9-10-17-14(20)15(3,16)12-7-5-4-6-8-12;/h4-8,11H,9-10,16H2,1-3H3,(H,17,20)(H,18,19);1H. The van der Waals surface area contributed by atoms with Gasteiger partial charge in [0.05, 0.1) is 0 Å². The van der Waals surface area contributed by atoms with E-state index in [1.165, 1.54) is 0 Å². The summed E-state index contributed by atoms with van der Waals surface area (Å²) in [4.78, 5) is 23.6. The summed E-state index contributed by atoms with van der Waals surface area (Å²) >= 11 is 0. The lowest BCUT2D eigenvalue weighted by atomic mass is 9.92. The average molecular weight is 314 g/mol. The van der Waals surface area contributed by atoms with Gasteiger partial charge in [-0.15, -0.1) is 12.4 Å². The molecule has 0 aromatic heterocycles. The minimum atomic E-state index is -1.10. The van der Waals surface area contributed by atoms with Gasteiger partial charge >= 0.3 is 0 Å². The van der Waals surface area contributed by atoms with Crippen LogP contribution in [0.5, 0.6) is 0 Å². The van der Waals surface area contributed by atoms with E-state index in [1.54, 1.807) is 6.92 Å². The molecule has 0 radical (unpaired) electrons. The Kier molecular flexibility index (Phi) is 7.99. The van der Waals surface area contributed by atoms with Crippen LogP contribution in [-0.4, -0.2) is 24.4 Å². The van der Waals surface area contributed by atoms with Crippen molar-refractivity contribution in [1.29, 1.82) is 0 Å². The second-order valence-electron chi connectivity index (χ2n) is 5.30. The number of hydrogen-bond acceptors (Lipinski definition) is 3. The maximum atomic E-state index is 12.1. The Morgan fingerprint density at radius 3 is 2.33 bits per heavy atom. The summed E-state index contributed by atoms with van der Waals surface area (Å²) in [6, 6.07) is 9.26. The topological polar surface area (TPSA) is 84.2 Å². The number of hydrogen-bond donors (Lipinski definition) is 3. The molecule has 0 spiro atoms. The van der Waals surface area contributed by atoms with E-state index >= 15 is 0 Å². The third-order valence-corrected chi connectivity index (χ3v) is 2.93. The lowest BCUT2D eigenvalue weighted by molar-refractivity contribution is -0.126. The van der Waals surface area contributed by atoms with E-state index in [-0.39, 0.29) is 43.2 Å². The number of nitrogens with two attached hydrogens (primary N) is 1. The maximum Gasteiger partial charge on any atom is 0.244 e. The van der Waals surface area contributed by atoms with Gasteiger partial charge < -0.3 is 16.4 Å². The summed E-state index contributed by atoms with van der Waals surface area (Å²) in [7, 11) is 0. The predicted molar refractivity (Wildman–Crippen MR) is 86.1 cm³/mol. The molecule has 0 bridgehead atoms. The molecule has 0 saturated heterocycles. The molecule has 5 nitrogen and oxygen atoms in total. The van der Waals surface area contributed by atoms with Crippen LogP contribution < -0.4 is 16.4 Å². The minimum Gasteiger partial charge on any atom is -0.354 e. The van der Waals surface area contributed by atoms with E-state index < -0.39 is 5.54 Å². The Morgan fingerprint density at radius 1 is 1.24 bits per heavy atom. The van der Waals surface area contributed by atoms with Crippen molar-refractivity contribution in [3.63, 3.8) is 0 Å². The lowest BCUT2D eigenvalue weighted by Gasteiger charge is -2.24. The Morgan fingerprint density at radius 2 is 1.81 bits per heavy atom. The molecule has 1 rings (SSSR count). The second-order valence-corrected chi connectivity index (χ2v) is 5.30. The van der Waals surface area contributed by atoms with Gasteiger partial charge in [-0.05, 0) is 26.3 Å². The Balaban J connectivity index is 0.00000400. The van der Waals surface area contributed by atoms with Crippen LogP contribution in [0.2, 0.25) is 0 Å². The molecule has 0 saturated carbocycles. The SMILES string of the molecule is CC(C)NC(=O)CCNC(=O)C(C)(N)c1ccccc1.Cl. The van der Waals surface area contributed by atoms with Gasteiger partial charge in [-0.2, -0.15) is 0 Å². The van der Waals surface area contributed by atoms with Crippen molar-refractivity contribution in [2.24, 2.45) is 5.73 Å². The molecule has 0 fully saturated rings. The number of halogens is 1. The Bertz CT molecular complexity index is 461. The molecule has 0 aliphatic heterocycles. The molecule has 0 aliphatic rings. The highest BCUT2D eigenvalue weighted by atomic mass is 35.5. The molecule has 1 aromatic carbocycles. The van der Waals surface area contributed by atoms with Gasteiger partial charge in [0.2, 0.25) is 11.8 Å². The van der Waals surface area contributed by atoms with E-state index in [2.05, 4.69) is 10.6 Å². The Hall–Kier alpha value is -1.59. The average Bonchev–Trinajstić information content (AvgIpc) is 2.38. The molecule has 4 N–H and O–H groups in total. The van der Waals surface area contributed by atoms with E-state index in [9.17, 15) is 9.59 Å². The van der Waals surface area contributed by atoms with Crippen molar-refractivity contribution < 1.29 is 9.59 Å². The van der Waals surface area contributed by atoms with E-state index in [0.717, 1.165) is 5.56 Å². The first-order valence-electron chi connectivity index (χ1n) is 6.76. The third kappa shape index (κ3) is 6.14. The fourth-order valence-electron chi connectivity index (χ4n) is 1.78. The van der Waals surface area contributed by atoms with Crippen LogP contribution in [0, 0.1) is 0 Å². The van der Waals surface area contributed by atoms with Crippen molar-refractivity contribution in [2.45, 2.75) is 38.8 Å². The molecule has 0 aliphatic carbocycles. The van der Waals surface area contributed by atoms with Gasteiger partial charge in [-0.3, -0.25) is 9.59 Å². The van der Waals surface area contributed by atoms with Gasteiger partial charge in [0.15, 0.2) is 0 Å². The number of rotatable bonds is 6. The summed E-state index contributed by atoms with van der Waals surface area (Å²) in [6.45, 7) is 5.72. The highest BCUT2D eigenvalue weighted by Crippen LogP contribution is 2.17. The van der Waals surface area contributed by atoms with Crippen LogP contribution in [0.3, 0.4) is 0 Å². The highest BCUT2D eigenvalue weighted by molar-refractivity contribution is 5.87. The first-order valence-corrected chi connectivity index (χ1v) is 6.76. The molecule has 1 aromatic rings. The summed E-state index contributed by atoms with van der Waals surface area (Å²) < 4.78 is 0. The summed E-state index contributed by atoms with van der Waals surface area (Å²) in [5.74, 6) is -0.375. The van der Waals surface area contributed by atoms with Crippen molar-refractivity contribution in [3.8, 4) is 0 Å². The van der Waals surface area contributed by atoms with E-state index in [4.69, 9.17) is 5.73 Å². The second kappa shape index (κ2) is 8.64.